The van der Waals surface area contributed by atoms with E-state index in [1.807, 2.05) is 6.92 Å². The summed E-state index contributed by atoms with van der Waals surface area (Å²) in [5.74, 6) is 1.48. The second-order valence-corrected chi connectivity index (χ2v) is 13.7. The lowest BCUT2D eigenvalue weighted by Gasteiger charge is -2.44. The molecule has 1 saturated heterocycles. The lowest BCUT2D eigenvalue weighted by molar-refractivity contribution is -0.281. The van der Waals surface area contributed by atoms with Crippen LogP contribution in [0.25, 0.3) is 0 Å². The third-order valence-corrected chi connectivity index (χ3v) is 10.3. The quantitative estimate of drug-likeness (QED) is 0.297. The summed E-state index contributed by atoms with van der Waals surface area (Å²) in [4.78, 5) is 12.9. The summed E-state index contributed by atoms with van der Waals surface area (Å²) < 4.78 is 17.4. The maximum atomic E-state index is 12.9. The number of hydrogen-bond donors (Lipinski definition) is 0. The van der Waals surface area contributed by atoms with Crippen molar-refractivity contribution in [1.29, 1.82) is 0 Å². The minimum absolute atomic E-state index is 0.00564. The average Bonchev–Trinajstić information content (AvgIpc) is 3.21. The first-order chi connectivity index (χ1) is 18.0. The fourth-order valence-electron chi connectivity index (χ4n) is 8.01. The van der Waals surface area contributed by atoms with Crippen LogP contribution < -0.4 is 0 Å². The van der Waals surface area contributed by atoms with Gasteiger partial charge in [0.1, 0.15) is 6.10 Å². The summed E-state index contributed by atoms with van der Waals surface area (Å²) in [5.41, 5.74) is 4.49. The van der Waals surface area contributed by atoms with Crippen molar-refractivity contribution in [3.05, 3.63) is 35.5 Å². The zero-order valence-electron chi connectivity index (χ0n) is 25.2. The van der Waals surface area contributed by atoms with Crippen molar-refractivity contribution in [2.45, 2.75) is 137 Å². The van der Waals surface area contributed by atoms with Crippen LogP contribution >= 0.6 is 0 Å². The van der Waals surface area contributed by atoms with Crippen LogP contribution in [0, 0.1) is 29.1 Å². The van der Waals surface area contributed by atoms with E-state index < -0.39 is 11.8 Å². The lowest BCUT2D eigenvalue weighted by atomic mass is 9.60. The van der Waals surface area contributed by atoms with E-state index in [1.165, 1.54) is 62.5 Å². The van der Waals surface area contributed by atoms with Gasteiger partial charge in [-0.15, -0.1) is 0 Å². The van der Waals surface area contributed by atoms with E-state index in [9.17, 15) is 4.79 Å². The van der Waals surface area contributed by atoms with E-state index in [1.54, 1.807) is 12.5 Å². The van der Waals surface area contributed by atoms with Crippen LogP contribution in [0.4, 0.5) is 0 Å². The fourth-order valence-corrected chi connectivity index (χ4v) is 8.01. The molecule has 1 heterocycles. The highest BCUT2D eigenvalue weighted by molar-refractivity contribution is 5.77. The molecule has 4 heteroatoms. The van der Waals surface area contributed by atoms with Crippen LogP contribution in [-0.4, -0.2) is 30.6 Å². The van der Waals surface area contributed by atoms with Gasteiger partial charge in [0, 0.05) is 13.3 Å². The molecule has 1 aliphatic heterocycles. The van der Waals surface area contributed by atoms with Gasteiger partial charge >= 0.3 is 5.97 Å². The van der Waals surface area contributed by atoms with E-state index in [2.05, 4.69) is 46.4 Å². The Kier molecular flexibility index (Phi) is 9.67. The number of esters is 1. The van der Waals surface area contributed by atoms with E-state index >= 15 is 0 Å². The molecule has 1 unspecified atom stereocenters. The van der Waals surface area contributed by atoms with E-state index in [4.69, 9.17) is 14.2 Å². The van der Waals surface area contributed by atoms with Crippen molar-refractivity contribution in [2.75, 3.05) is 6.61 Å². The van der Waals surface area contributed by atoms with E-state index in [0.29, 0.717) is 17.9 Å². The molecule has 0 aromatic rings. The summed E-state index contributed by atoms with van der Waals surface area (Å²) in [5, 5.41) is 0. The summed E-state index contributed by atoms with van der Waals surface area (Å²) in [7, 11) is 0. The van der Waals surface area contributed by atoms with Gasteiger partial charge in [0.15, 0.2) is 0 Å². The number of ether oxygens (including phenoxy) is 3. The molecule has 7 atom stereocenters. The molecule has 4 aliphatic rings. The smallest absolute Gasteiger partial charge is 0.366 e. The minimum atomic E-state index is -1.30. The molecule has 4 fully saturated rings. The number of hydrogen-bond acceptors (Lipinski definition) is 4. The highest BCUT2D eigenvalue weighted by Gasteiger charge is 2.50. The van der Waals surface area contributed by atoms with Gasteiger partial charge in [-0.25, -0.2) is 4.79 Å². The van der Waals surface area contributed by atoms with Gasteiger partial charge < -0.3 is 14.2 Å². The summed E-state index contributed by atoms with van der Waals surface area (Å²) in [6, 6.07) is 0. The van der Waals surface area contributed by atoms with Crippen molar-refractivity contribution in [3.8, 4) is 0 Å². The monoisotopic (exact) mass is 526 g/mol. The Morgan fingerprint density at radius 3 is 2.63 bits per heavy atom. The normalized spacial score (nSPS) is 39.0. The molecule has 0 N–H and O–H groups in total. The SMILES string of the molecule is C=C1CC[C@H](OC(=O)C2(C)OCC[C@@H](C)O2)C/C1=C/C=C1\CCC[C@]2(C)[C@@H]([C@H](C)CCCC(C)C)CC[C@@H]12. The predicted molar refractivity (Wildman–Crippen MR) is 155 cm³/mol. The van der Waals surface area contributed by atoms with Crippen LogP contribution in [0.3, 0.4) is 0 Å². The lowest BCUT2D eigenvalue weighted by Crippen LogP contribution is -2.49. The average molecular weight is 527 g/mol. The Labute approximate surface area is 232 Å². The number of carbonyl (C=O) groups is 1. The third-order valence-electron chi connectivity index (χ3n) is 10.3. The van der Waals surface area contributed by atoms with Crippen molar-refractivity contribution in [2.24, 2.45) is 29.1 Å². The van der Waals surface area contributed by atoms with Gasteiger partial charge in [-0.1, -0.05) is 76.8 Å². The minimum Gasteiger partial charge on any atom is -0.458 e. The molecular weight excluding hydrogens is 472 g/mol. The van der Waals surface area contributed by atoms with E-state index in [0.717, 1.165) is 43.4 Å². The van der Waals surface area contributed by atoms with Gasteiger partial charge in [0.25, 0.3) is 5.79 Å². The number of fused-ring (bicyclic) bond motifs is 1. The number of carbonyl (C=O) groups excluding carboxylic acids is 1. The zero-order valence-corrected chi connectivity index (χ0v) is 25.2. The van der Waals surface area contributed by atoms with Gasteiger partial charge in [-0.05, 0) is 93.0 Å². The number of allylic oxidation sites excluding steroid dienone is 4. The van der Waals surface area contributed by atoms with Crippen molar-refractivity contribution in [3.63, 3.8) is 0 Å². The van der Waals surface area contributed by atoms with Gasteiger partial charge in [-0.3, -0.25) is 0 Å². The summed E-state index contributed by atoms with van der Waals surface area (Å²) in [6.07, 6.45) is 18.5. The standard InChI is InChI=1S/C34H54O4/c1-23(2)10-8-11-25(4)30-17-18-31-27(12-9-20-33(30,31)6)14-15-28-22-29(16-13-24(28)3)37-32(35)34(7)36-21-19-26(5)38-34/h14-15,23,25-26,29-31H,3,8-13,16-22H2,1-2,4-7H3/b27-14+,28-15-/t25-,26-,29+,30-,31+,33-,34?/m1/s1. The van der Waals surface area contributed by atoms with Crippen LogP contribution in [-0.2, 0) is 19.0 Å². The molecule has 0 aromatic heterocycles. The predicted octanol–water partition coefficient (Wildman–Crippen LogP) is 8.71. The Balaban J connectivity index is 1.40. The second kappa shape index (κ2) is 12.4. The molecule has 38 heavy (non-hydrogen) atoms. The van der Waals surface area contributed by atoms with Crippen molar-refractivity contribution < 1.29 is 19.0 Å². The third kappa shape index (κ3) is 6.66. The first-order valence-electron chi connectivity index (χ1n) is 15.6. The molecule has 0 amide bonds. The molecule has 4 rings (SSSR count). The number of rotatable bonds is 8. The topological polar surface area (TPSA) is 44.8 Å². The molecule has 0 bridgehead atoms. The maximum absolute atomic E-state index is 12.9. The summed E-state index contributed by atoms with van der Waals surface area (Å²) >= 11 is 0. The van der Waals surface area contributed by atoms with Crippen LogP contribution in [0.15, 0.2) is 35.5 Å². The Hall–Kier alpha value is -1.39. The molecule has 3 aliphatic carbocycles. The Morgan fingerprint density at radius 2 is 1.89 bits per heavy atom. The first-order valence-corrected chi connectivity index (χ1v) is 15.6. The van der Waals surface area contributed by atoms with Gasteiger partial charge in [-0.2, -0.15) is 0 Å². The second-order valence-electron chi connectivity index (χ2n) is 13.7. The molecule has 3 saturated carbocycles. The highest BCUT2D eigenvalue weighted by Crippen LogP contribution is 2.60. The van der Waals surface area contributed by atoms with Gasteiger partial charge in [0.2, 0.25) is 0 Å². The Morgan fingerprint density at radius 1 is 1.11 bits per heavy atom. The maximum Gasteiger partial charge on any atom is 0.366 e. The fraction of sp³-hybridized carbons (Fsp3) is 0.794. The van der Waals surface area contributed by atoms with Crippen LogP contribution in [0.5, 0.6) is 0 Å². The zero-order chi connectivity index (χ0) is 27.5. The Bertz CT molecular complexity index is 915. The van der Waals surface area contributed by atoms with Crippen molar-refractivity contribution >= 4 is 5.97 Å². The first kappa shape index (κ1) is 29.6. The van der Waals surface area contributed by atoms with E-state index in [-0.39, 0.29) is 12.2 Å². The highest BCUT2D eigenvalue weighted by atomic mass is 16.7. The van der Waals surface area contributed by atoms with Crippen LogP contribution in [0.1, 0.15) is 119 Å². The molecule has 0 spiro atoms. The molecular formula is C34H54O4. The molecule has 0 aromatic carbocycles. The molecule has 4 nitrogen and oxygen atoms in total. The van der Waals surface area contributed by atoms with Crippen molar-refractivity contribution in [1.82, 2.24) is 0 Å². The largest absolute Gasteiger partial charge is 0.458 e. The van der Waals surface area contributed by atoms with Crippen LogP contribution in [0.2, 0.25) is 0 Å². The molecule has 214 valence electrons. The molecule has 0 radical (unpaired) electrons. The van der Waals surface area contributed by atoms with Gasteiger partial charge in [0.05, 0.1) is 12.7 Å². The summed E-state index contributed by atoms with van der Waals surface area (Å²) in [6.45, 7) is 18.3.